The molecule has 0 saturated heterocycles. The van der Waals surface area contributed by atoms with E-state index in [1.807, 2.05) is 0 Å². The first-order valence-corrected chi connectivity index (χ1v) is 12.7. The van der Waals surface area contributed by atoms with Gasteiger partial charge in [0.25, 0.3) is 15.6 Å². The zero-order chi connectivity index (χ0) is 26.9. The number of amides is 1. The molecule has 0 aliphatic rings. The van der Waals surface area contributed by atoms with E-state index in [1.165, 1.54) is 30.3 Å². The Morgan fingerprint density at radius 2 is 1.95 bits per heavy atom. The molecule has 0 saturated carbocycles. The number of nitrogens with two attached hydrogens (primary N) is 1. The number of hydrogen-bond donors (Lipinski definition) is 2. The maximum absolute atomic E-state index is 13.4. The summed E-state index contributed by atoms with van der Waals surface area (Å²) in [6.45, 7) is 1.68. The zero-order valence-electron chi connectivity index (χ0n) is 19.6. The molecule has 4 aromatic rings. The van der Waals surface area contributed by atoms with Gasteiger partial charge in [-0.05, 0) is 42.0 Å². The number of aromatic nitrogens is 3. The second-order valence-corrected chi connectivity index (χ2v) is 10.3. The van der Waals surface area contributed by atoms with E-state index in [2.05, 4.69) is 14.7 Å². The van der Waals surface area contributed by atoms with Gasteiger partial charge in [0.2, 0.25) is 11.8 Å². The quantitative estimate of drug-likeness (QED) is 0.345. The number of methoxy groups -OCH3 is 1. The molecule has 1 unspecified atom stereocenters. The number of primary amides is 1. The van der Waals surface area contributed by atoms with E-state index in [0.717, 1.165) is 18.2 Å². The minimum absolute atomic E-state index is 0.000584. The number of rotatable bonds is 8. The molecule has 37 heavy (non-hydrogen) atoms. The monoisotopic (exact) mass is 545 g/mol. The van der Waals surface area contributed by atoms with Crippen molar-refractivity contribution >= 4 is 44.1 Å². The molecule has 1 amide bonds. The molecule has 13 heteroatoms. The number of fused-ring (bicyclic) bond motifs is 1. The van der Waals surface area contributed by atoms with E-state index in [9.17, 15) is 22.4 Å². The summed E-state index contributed by atoms with van der Waals surface area (Å²) < 4.78 is 48.2. The van der Waals surface area contributed by atoms with Crippen molar-refractivity contribution in [3.8, 4) is 17.0 Å². The van der Waals surface area contributed by atoms with Crippen LogP contribution in [0.1, 0.15) is 6.92 Å². The van der Waals surface area contributed by atoms with Gasteiger partial charge in [-0.3, -0.25) is 18.9 Å². The van der Waals surface area contributed by atoms with Crippen molar-refractivity contribution in [3.63, 3.8) is 0 Å². The third-order valence-corrected chi connectivity index (χ3v) is 7.43. The second-order valence-electron chi connectivity index (χ2n) is 8.20. The second kappa shape index (κ2) is 10.1. The first-order chi connectivity index (χ1) is 17.5. The van der Waals surface area contributed by atoms with E-state index in [4.69, 9.17) is 22.1 Å². The molecule has 2 aromatic heterocycles. The summed E-state index contributed by atoms with van der Waals surface area (Å²) >= 11 is 5.94. The fourth-order valence-electron chi connectivity index (χ4n) is 3.59. The minimum Gasteiger partial charge on any atom is -0.480 e. The summed E-state index contributed by atoms with van der Waals surface area (Å²) in [4.78, 5) is 32.6. The largest absolute Gasteiger partial charge is 0.480 e. The van der Waals surface area contributed by atoms with Crippen molar-refractivity contribution in [2.75, 3.05) is 11.8 Å². The maximum Gasteiger partial charge on any atom is 0.263 e. The number of benzene rings is 2. The molecule has 4 rings (SSSR count). The number of hydrogen-bond acceptors (Lipinski definition) is 7. The fraction of sp³-hybridized carbons (Fsp3) is 0.167. The highest BCUT2D eigenvalue weighted by Gasteiger charge is 2.21. The summed E-state index contributed by atoms with van der Waals surface area (Å²) in [5.41, 5.74) is 6.39. The fourth-order valence-corrected chi connectivity index (χ4v) is 5.17. The Kier molecular flexibility index (Phi) is 7.14. The molecular formula is C24H21ClFN5O5S. The SMILES string of the molecule is COc1ncc(-c2ccc3ncn(CC(C)C(N)=O)c(=O)c3c2)cc1NS(=O)(=O)c1ccc(F)cc1Cl. The van der Waals surface area contributed by atoms with Crippen molar-refractivity contribution in [1.29, 1.82) is 0 Å². The van der Waals surface area contributed by atoms with Gasteiger partial charge in [0, 0.05) is 18.3 Å². The van der Waals surface area contributed by atoms with Crippen LogP contribution in [0.5, 0.6) is 5.88 Å². The molecule has 1 atom stereocenters. The molecule has 2 aromatic carbocycles. The lowest BCUT2D eigenvalue weighted by Crippen LogP contribution is -2.30. The Bertz CT molecular complexity index is 1690. The van der Waals surface area contributed by atoms with Crippen molar-refractivity contribution in [2.45, 2.75) is 18.4 Å². The van der Waals surface area contributed by atoms with Crippen molar-refractivity contribution < 1.29 is 22.3 Å². The first kappa shape index (κ1) is 26.0. The van der Waals surface area contributed by atoms with Crippen LogP contribution in [-0.4, -0.2) is 36.0 Å². The number of anilines is 1. The van der Waals surface area contributed by atoms with Crippen LogP contribution in [0, 0.1) is 11.7 Å². The van der Waals surface area contributed by atoms with Gasteiger partial charge >= 0.3 is 0 Å². The first-order valence-electron chi connectivity index (χ1n) is 10.8. The Balaban J connectivity index is 1.75. The predicted octanol–water partition coefficient (Wildman–Crippen LogP) is 3.18. The number of sulfonamides is 1. The number of carbonyl (C=O) groups excluding carboxylic acids is 1. The molecule has 3 N–H and O–H groups in total. The van der Waals surface area contributed by atoms with Crippen molar-refractivity contribution in [1.82, 2.24) is 14.5 Å². The van der Waals surface area contributed by atoms with Crippen LogP contribution in [0.3, 0.4) is 0 Å². The van der Waals surface area contributed by atoms with Crippen molar-refractivity contribution in [3.05, 3.63) is 76.2 Å². The lowest BCUT2D eigenvalue weighted by Gasteiger charge is -2.14. The van der Waals surface area contributed by atoms with Gasteiger partial charge in [0.1, 0.15) is 16.4 Å². The highest BCUT2D eigenvalue weighted by molar-refractivity contribution is 7.92. The summed E-state index contributed by atoms with van der Waals surface area (Å²) in [7, 11) is -2.91. The summed E-state index contributed by atoms with van der Waals surface area (Å²) in [6.07, 6.45) is 2.80. The van der Waals surface area contributed by atoms with Gasteiger partial charge in [0.05, 0.1) is 35.3 Å². The Morgan fingerprint density at radius 3 is 2.62 bits per heavy atom. The molecule has 2 heterocycles. The Morgan fingerprint density at radius 1 is 1.19 bits per heavy atom. The standard InChI is InChI=1S/C24H21ClFN5O5S/c1-13(22(27)32)11-31-12-29-19-5-3-14(7-17(19)24(31)33)15-8-20(23(36-2)28-10-15)30-37(34,35)21-6-4-16(26)9-18(21)25/h3-10,12-13,30H,11H2,1-2H3,(H2,27,32). The van der Waals surface area contributed by atoms with Gasteiger partial charge in [-0.1, -0.05) is 24.6 Å². The molecule has 0 fully saturated rings. The number of ether oxygens (including phenoxy) is 1. The lowest BCUT2D eigenvalue weighted by atomic mass is 10.0. The Hall–Kier alpha value is -4.03. The number of carbonyl (C=O) groups is 1. The molecule has 0 aliphatic carbocycles. The summed E-state index contributed by atoms with van der Waals surface area (Å²) in [6, 6.07) is 9.32. The molecule has 192 valence electrons. The van der Waals surface area contributed by atoms with E-state index in [-0.39, 0.29) is 39.0 Å². The minimum atomic E-state index is -4.23. The molecule has 0 aliphatic heterocycles. The normalized spacial score (nSPS) is 12.3. The Labute approximate surface area is 215 Å². The molecular weight excluding hydrogens is 525 g/mol. The van der Waals surface area contributed by atoms with Crippen LogP contribution >= 0.6 is 11.6 Å². The third kappa shape index (κ3) is 5.39. The lowest BCUT2D eigenvalue weighted by molar-refractivity contribution is -0.121. The van der Waals surface area contributed by atoms with Gasteiger partial charge in [-0.25, -0.2) is 22.8 Å². The number of pyridine rings is 1. The number of nitrogens with one attached hydrogen (secondary N) is 1. The molecule has 0 radical (unpaired) electrons. The van der Waals surface area contributed by atoms with Gasteiger partial charge < -0.3 is 10.5 Å². The van der Waals surface area contributed by atoms with E-state index >= 15 is 0 Å². The maximum atomic E-state index is 13.4. The van der Waals surface area contributed by atoms with Crippen molar-refractivity contribution in [2.24, 2.45) is 11.7 Å². The highest BCUT2D eigenvalue weighted by atomic mass is 35.5. The van der Waals surface area contributed by atoms with Crippen LogP contribution in [0.25, 0.3) is 22.0 Å². The predicted molar refractivity (Wildman–Crippen MR) is 136 cm³/mol. The average Bonchev–Trinajstić information content (AvgIpc) is 2.85. The van der Waals surface area contributed by atoms with Crippen LogP contribution < -0.4 is 20.8 Å². The summed E-state index contributed by atoms with van der Waals surface area (Å²) in [5, 5.41) is -0.00717. The highest BCUT2D eigenvalue weighted by Crippen LogP contribution is 2.32. The van der Waals surface area contributed by atoms with E-state index in [1.54, 1.807) is 25.1 Å². The van der Waals surface area contributed by atoms with E-state index in [0.29, 0.717) is 16.6 Å². The number of halogens is 2. The van der Waals surface area contributed by atoms with Crippen LogP contribution in [0.15, 0.2) is 64.7 Å². The average molecular weight is 546 g/mol. The molecule has 0 bridgehead atoms. The van der Waals surface area contributed by atoms with E-state index < -0.39 is 27.7 Å². The van der Waals surface area contributed by atoms with Gasteiger partial charge in [-0.2, -0.15) is 0 Å². The topological polar surface area (TPSA) is 146 Å². The third-order valence-electron chi connectivity index (χ3n) is 5.59. The van der Waals surface area contributed by atoms with Gasteiger partial charge in [-0.15, -0.1) is 0 Å². The van der Waals surface area contributed by atoms with Gasteiger partial charge in [0.15, 0.2) is 0 Å². The van der Waals surface area contributed by atoms with Crippen LogP contribution in [0.4, 0.5) is 10.1 Å². The van der Waals surface area contributed by atoms with Crippen LogP contribution in [0.2, 0.25) is 5.02 Å². The molecule has 10 nitrogen and oxygen atoms in total. The smallest absolute Gasteiger partial charge is 0.263 e. The zero-order valence-corrected chi connectivity index (χ0v) is 21.2. The number of nitrogens with zero attached hydrogens (tertiary/aromatic N) is 3. The van der Waals surface area contributed by atoms with Crippen LogP contribution in [-0.2, 0) is 21.4 Å². The summed E-state index contributed by atoms with van der Waals surface area (Å²) in [5.74, 6) is -1.81. The molecule has 0 spiro atoms.